The summed E-state index contributed by atoms with van der Waals surface area (Å²) in [4.78, 5) is 33.2. The fraction of sp³-hybridized carbons (Fsp3) is 0.267. The molecule has 1 heterocycles. The predicted octanol–water partition coefficient (Wildman–Crippen LogP) is 0.732. The number of nitrogens with zero attached hydrogens (tertiary/aromatic N) is 3. The van der Waals surface area contributed by atoms with Gasteiger partial charge in [-0.15, -0.1) is 5.17 Å². The molecule has 0 saturated carbocycles. The van der Waals surface area contributed by atoms with Crippen LogP contribution in [-0.2, 0) is 11.9 Å². The topological polar surface area (TPSA) is 117 Å². The molecule has 11 heteroatoms. The van der Waals surface area contributed by atoms with Crippen molar-refractivity contribution in [2.75, 3.05) is 25.2 Å². The lowest BCUT2D eigenvalue weighted by Crippen LogP contribution is -2.37. The molecule has 0 saturated heterocycles. The van der Waals surface area contributed by atoms with Crippen LogP contribution < -0.4 is 5.43 Å². The van der Waals surface area contributed by atoms with Gasteiger partial charge in [-0.05, 0) is 40.8 Å². The van der Waals surface area contributed by atoms with E-state index in [1.54, 1.807) is 6.07 Å². The van der Waals surface area contributed by atoms with E-state index in [1.807, 2.05) is 22.6 Å². The Labute approximate surface area is 161 Å². The first-order valence-electron chi connectivity index (χ1n) is 7.34. The first-order chi connectivity index (χ1) is 12.4. The maximum Gasteiger partial charge on any atom is 0.317 e. The summed E-state index contributed by atoms with van der Waals surface area (Å²) >= 11 is 1.94. The number of carbonyl (C=O) groups excluding carboxylic acids is 2. The highest BCUT2D eigenvalue weighted by molar-refractivity contribution is 14.1. The second-order valence-electron chi connectivity index (χ2n) is 5.03. The number of nitrogens with one attached hydrogen (secondary N) is 1. The number of imidazole rings is 1. The second-order valence-corrected chi connectivity index (χ2v) is 6.28. The van der Waals surface area contributed by atoms with E-state index in [2.05, 4.69) is 10.4 Å². The molecule has 1 aromatic heterocycles. The van der Waals surface area contributed by atoms with Gasteiger partial charge in [0.2, 0.25) is 5.78 Å². The number of Topliss-reactive ketones (excluding diaryl/α,β-unsaturated/α-hetero) is 1. The van der Waals surface area contributed by atoms with Gasteiger partial charge in [0.05, 0.1) is 12.3 Å². The molecule has 0 spiro atoms. The fourth-order valence-electron chi connectivity index (χ4n) is 1.97. The van der Waals surface area contributed by atoms with Crippen molar-refractivity contribution < 1.29 is 29.0 Å². The lowest BCUT2D eigenvalue weighted by Gasteiger charge is -2.22. The quantitative estimate of drug-likeness (QED) is 0.291. The number of rotatable bonds is 8. The van der Waals surface area contributed by atoms with Crippen molar-refractivity contribution in [1.82, 2.24) is 14.7 Å². The van der Waals surface area contributed by atoms with Gasteiger partial charge in [0.15, 0.2) is 11.5 Å². The van der Waals surface area contributed by atoms with Gasteiger partial charge in [-0.1, -0.05) is 0 Å². The normalized spacial score (nSPS) is 10.7. The zero-order valence-electron chi connectivity index (χ0n) is 13.6. The van der Waals surface area contributed by atoms with E-state index in [4.69, 9.17) is 15.1 Å². The Balaban J connectivity index is 2.28. The SMILES string of the molecule is Cn1cc(C(=O)N(Nc2ccc(I)cc2F)OCCO)nc1C(=O)CO. The molecule has 0 radical (unpaired) electrons. The molecular formula is C15H16FIN4O5. The van der Waals surface area contributed by atoms with Gasteiger partial charge in [0, 0.05) is 16.8 Å². The maximum atomic E-state index is 14.0. The summed E-state index contributed by atoms with van der Waals surface area (Å²) in [5.41, 5.74) is 2.27. The minimum Gasteiger partial charge on any atom is -0.394 e. The first-order valence-corrected chi connectivity index (χ1v) is 8.42. The summed E-state index contributed by atoms with van der Waals surface area (Å²) in [5, 5.41) is 18.5. The summed E-state index contributed by atoms with van der Waals surface area (Å²) in [6.07, 6.45) is 1.27. The lowest BCUT2D eigenvalue weighted by atomic mass is 10.3. The number of hydrogen-bond donors (Lipinski definition) is 3. The average Bonchev–Trinajstić information content (AvgIpc) is 3.00. The molecule has 2 rings (SSSR count). The van der Waals surface area contributed by atoms with Crippen LogP contribution in [0.15, 0.2) is 24.4 Å². The van der Waals surface area contributed by atoms with Crippen molar-refractivity contribution >= 4 is 40.0 Å². The number of aliphatic hydroxyl groups is 2. The summed E-state index contributed by atoms with van der Waals surface area (Å²) < 4.78 is 16.0. The molecule has 0 fully saturated rings. The third-order valence-electron chi connectivity index (χ3n) is 3.14. The van der Waals surface area contributed by atoms with E-state index in [1.165, 1.54) is 29.9 Å². The summed E-state index contributed by atoms with van der Waals surface area (Å²) in [5.74, 6) is -2.20. The summed E-state index contributed by atoms with van der Waals surface area (Å²) in [6.45, 7) is -1.37. The van der Waals surface area contributed by atoms with Crippen LogP contribution in [0.5, 0.6) is 0 Å². The van der Waals surface area contributed by atoms with Crippen LogP contribution in [0.3, 0.4) is 0 Å². The Bertz CT molecular complexity index is 813. The smallest absolute Gasteiger partial charge is 0.317 e. The molecule has 0 aliphatic rings. The Morgan fingerprint density at radius 1 is 1.42 bits per heavy atom. The number of ketones is 1. The van der Waals surface area contributed by atoms with Gasteiger partial charge >= 0.3 is 5.91 Å². The molecule has 1 aromatic carbocycles. The number of aromatic nitrogens is 2. The fourth-order valence-corrected chi connectivity index (χ4v) is 2.42. The number of hydroxylamine groups is 1. The van der Waals surface area contributed by atoms with E-state index in [0.717, 1.165) is 0 Å². The largest absolute Gasteiger partial charge is 0.394 e. The van der Waals surface area contributed by atoms with Crippen molar-refractivity contribution in [2.24, 2.45) is 7.05 Å². The number of hydrazine groups is 1. The Morgan fingerprint density at radius 3 is 2.77 bits per heavy atom. The molecule has 9 nitrogen and oxygen atoms in total. The highest BCUT2D eigenvalue weighted by Gasteiger charge is 2.24. The second kappa shape index (κ2) is 9.02. The molecule has 1 amide bonds. The molecule has 26 heavy (non-hydrogen) atoms. The monoisotopic (exact) mass is 478 g/mol. The van der Waals surface area contributed by atoms with Crippen LogP contribution in [0.2, 0.25) is 0 Å². The van der Waals surface area contributed by atoms with Crippen LogP contribution in [0.1, 0.15) is 21.1 Å². The lowest BCUT2D eigenvalue weighted by molar-refractivity contribution is -0.115. The number of amides is 1. The van der Waals surface area contributed by atoms with Gasteiger partial charge in [-0.25, -0.2) is 14.2 Å². The Morgan fingerprint density at radius 2 is 2.15 bits per heavy atom. The number of aryl methyl sites for hydroxylation is 1. The van der Waals surface area contributed by atoms with Crippen LogP contribution in [0.4, 0.5) is 10.1 Å². The zero-order valence-corrected chi connectivity index (χ0v) is 15.8. The zero-order chi connectivity index (χ0) is 19.3. The number of hydrogen-bond acceptors (Lipinski definition) is 7. The van der Waals surface area contributed by atoms with Gasteiger partial charge in [0.25, 0.3) is 0 Å². The minimum atomic E-state index is -0.816. The first kappa shape index (κ1) is 20.2. The molecule has 140 valence electrons. The third-order valence-corrected chi connectivity index (χ3v) is 3.81. The van der Waals surface area contributed by atoms with Crippen molar-refractivity contribution in [3.8, 4) is 0 Å². The Kier molecular flexibility index (Phi) is 7.02. The molecule has 0 bridgehead atoms. The number of carbonyl (C=O) groups is 2. The maximum absolute atomic E-state index is 14.0. The van der Waals surface area contributed by atoms with Crippen LogP contribution >= 0.6 is 22.6 Å². The molecular weight excluding hydrogens is 462 g/mol. The van der Waals surface area contributed by atoms with E-state index >= 15 is 0 Å². The summed E-state index contributed by atoms with van der Waals surface area (Å²) in [7, 11) is 1.48. The highest BCUT2D eigenvalue weighted by atomic mass is 127. The molecule has 3 N–H and O–H groups in total. The van der Waals surface area contributed by atoms with Crippen molar-refractivity contribution in [3.05, 3.63) is 45.3 Å². The van der Waals surface area contributed by atoms with E-state index in [9.17, 15) is 14.0 Å². The average molecular weight is 478 g/mol. The number of anilines is 1. The van der Waals surface area contributed by atoms with Gasteiger partial charge < -0.3 is 14.8 Å². The van der Waals surface area contributed by atoms with E-state index in [0.29, 0.717) is 8.74 Å². The summed E-state index contributed by atoms with van der Waals surface area (Å²) in [6, 6.07) is 4.30. The molecule has 0 atom stereocenters. The van der Waals surface area contributed by atoms with Crippen LogP contribution in [-0.4, -0.2) is 56.4 Å². The minimum absolute atomic E-state index is 0.0284. The van der Waals surface area contributed by atoms with E-state index < -0.39 is 24.1 Å². The standard InChI is InChI=1S/C15H16FIN4O5/c1-20-7-12(18-14(20)13(24)8-23)15(25)21(26-5-4-22)19-11-3-2-9(17)6-10(11)16/h2-3,6-7,19,22-23H,4-5,8H2,1H3. The third kappa shape index (κ3) is 4.75. The van der Waals surface area contributed by atoms with Gasteiger partial charge in [-0.2, -0.15) is 0 Å². The van der Waals surface area contributed by atoms with Crippen molar-refractivity contribution in [3.63, 3.8) is 0 Å². The predicted molar refractivity (Wildman–Crippen MR) is 96.6 cm³/mol. The number of benzene rings is 1. The molecule has 2 aromatic rings. The van der Waals surface area contributed by atoms with Gasteiger partial charge in [-0.3, -0.25) is 15.0 Å². The van der Waals surface area contributed by atoms with Crippen LogP contribution in [0.25, 0.3) is 0 Å². The Hall–Kier alpha value is -2.09. The van der Waals surface area contributed by atoms with Crippen molar-refractivity contribution in [2.45, 2.75) is 0 Å². The van der Waals surface area contributed by atoms with Crippen LogP contribution in [0, 0.1) is 9.39 Å². The number of aliphatic hydroxyl groups excluding tert-OH is 2. The van der Waals surface area contributed by atoms with Crippen molar-refractivity contribution in [1.29, 1.82) is 0 Å². The highest BCUT2D eigenvalue weighted by Crippen LogP contribution is 2.18. The van der Waals surface area contributed by atoms with Gasteiger partial charge in [0.1, 0.15) is 19.0 Å². The molecule has 0 aliphatic heterocycles. The van der Waals surface area contributed by atoms with E-state index in [-0.39, 0.29) is 30.4 Å². The molecule has 0 unspecified atom stereocenters. The number of halogens is 2. The molecule has 0 aliphatic carbocycles.